The lowest BCUT2D eigenvalue weighted by atomic mass is 9.79. The second kappa shape index (κ2) is 9.82. The molecule has 0 amide bonds. The minimum Gasteiger partial charge on any atom is -0.475 e. The Labute approximate surface area is 191 Å². The van der Waals surface area contributed by atoms with Crippen LogP contribution in [0.1, 0.15) is 43.4 Å². The summed E-state index contributed by atoms with van der Waals surface area (Å²) in [5, 5.41) is 3.13. The van der Waals surface area contributed by atoms with Gasteiger partial charge in [0.15, 0.2) is 0 Å². The zero-order valence-corrected chi connectivity index (χ0v) is 19.3. The first-order valence-electron chi connectivity index (χ1n) is 10.6. The van der Waals surface area contributed by atoms with Crippen molar-refractivity contribution in [3.8, 4) is 5.88 Å². The molecule has 9 heteroatoms. The Morgan fingerprint density at radius 2 is 1.91 bits per heavy atom. The number of esters is 1. The van der Waals surface area contributed by atoms with E-state index in [0.29, 0.717) is 23.5 Å². The fourth-order valence-corrected chi connectivity index (χ4v) is 3.78. The number of nitrogens with one attached hydrogen (secondary N) is 1. The number of benzene rings is 1. The second-order valence-corrected chi connectivity index (χ2v) is 8.36. The van der Waals surface area contributed by atoms with Crippen molar-refractivity contribution in [2.45, 2.75) is 39.0 Å². The molecule has 2 aromatic rings. The van der Waals surface area contributed by atoms with Gasteiger partial charge in [-0.2, -0.15) is 13.2 Å². The van der Waals surface area contributed by atoms with Gasteiger partial charge in [0.2, 0.25) is 5.88 Å². The van der Waals surface area contributed by atoms with Crippen LogP contribution in [0.15, 0.2) is 47.8 Å². The van der Waals surface area contributed by atoms with E-state index < -0.39 is 23.6 Å². The maximum atomic E-state index is 14.0. The molecular formula is C24H28F3N3O3. The smallest absolute Gasteiger partial charge is 0.416 e. The molecule has 1 unspecified atom stereocenters. The molecule has 0 bridgehead atoms. The van der Waals surface area contributed by atoms with Gasteiger partial charge in [-0.1, -0.05) is 18.2 Å². The first-order valence-corrected chi connectivity index (χ1v) is 10.6. The van der Waals surface area contributed by atoms with E-state index in [1.54, 1.807) is 26.8 Å². The van der Waals surface area contributed by atoms with Crippen molar-refractivity contribution >= 4 is 11.7 Å². The highest BCUT2D eigenvalue weighted by Gasteiger charge is 2.42. The maximum absolute atomic E-state index is 14.0. The molecule has 0 fully saturated rings. The lowest BCUT2D eigenvalue weighted by Gasteiger charge is -2.32. The molecule has 0 spiro atoms. The molecule has 1 aromatic carbocycles. The number of halogens is 3. The molecule has 0 saturated carbocycles. The number of alkyl halides is 3. The van der Waals surface area contributed by atoms with Crippen molar-refractivity contribution in [1.29, 1.82) is 0 Å². The third-order valence-corrected chi connectivity index (χ3v) is 5.17. The van der Waals surface area contributed by atoms with Crippen molar-refractivity contribution in [2.24, 2.45) is 0 Å². The summed E-state index contributed by atoms with van der Waals surface area (Å²) in [4.78, 5) is 19.3. The van der Waals surface area contributed by atoms with Crippen LogP contribution < -0.4 is 10.1 Å². The van der Waals surface area contributed by atoms with Gasteiger partial charge in [0.25, 0.3) is 0 Å². The van der Waals surface area contributed by atoms with Gasteiger partial charge < -0.3 is 19.7 Å². The number of aromatic nitrogens is 1. The van der Waals surface area contributed by atoms with Crippen LogP contribution in [0.5, 0.6) is 5.88 Å². The summed E-state index contributed by atoms with van der Waals surface area (Å²) in [7, 11) is 3.67. The summed E-state index contributed by atoms with van der Waals surface area (Å²) in [6.45, 7) is 5.83. The standard InChI is InChI=1S/C24H28F3N3O3/c1-14(2)33-22-21-18(10-11-28-22)29-15(3)19(23(31)32-13-12-30(4)5)20(21)16-8-6-7-9-17(16)24(25,26)27/h6-11,14,20,29H,12-13H2,1-5H3. The number of allylic oxidation sites excluding steroid dienone is 1. The lowest BCUT2D eigenvalue weighted by molar-refractivity contribution is -0.141. The first-order chi connectivity index (χ1) is 15.5. The summed E-state index contributed by atoms with van der Waals surface area (Å²) in [5.41, 5.74) is 0.528. The van der Waals surface area contributed by atoms with Crippen molar-refractivity contribution in [2.75, 3.05) is 32.6 Å². The Kier molecular flexibility index (Phi) is 7.31. The van der Waals surface area contributed by atoms with E-state index in [9.17, 15) is 18.0 Å². The van der Waals surface area contributed by atoms with E-state index in [1.165, 1.54) is 24.4 Å². The maximum Gasteiger partial charge on any atom is 0.416 e. The largest absolute Gasteiger partial charge is 0.475 e. The van der Waals surface area contributed by atoms with Crippen LogP contribution in [0.4, 0.5) is 18.9 Å². The van der Waals surface area contributed by atoms with Crippen LogP contribution in [0.3, 0.4) is 0 Å². The highest BCUT2D eigenvalue weighted by molar-refractivity contribution is 5.95. The van der Waals surface area contributed by atoms with Crippen molar-refractivity contribution < 1.29 is 27.4 Å². The molecule has 33 heavy (non-hydrogen) atoms. The van der Waals surface area contributed by atoms with Crippen LogP contribution in [-0.2, 0) is 15.7 Å². The van der Waals surface area contributed by atoms with Crippen LogP contribution in [0.25, 0.3) is 0 Å². The Morgan fingerprint density at radius 1 is 1.21 bits per heavy atom. The van der Waals surface area contributed by atoms with E-state index in [1.807, 2.05) is 19.0 Å². The van der Waals surface area contributed by atoms with Crippen molar-refractivity contribution in [3.05, 3.63) is 64.5 Å². The van der Waals surface area contributed by atoms with E-state index in [4.69, 9.17) is 9.47 Å². The zero-order chi connectivity index (χ0) is 24.3. The third-order valence-electron chi connectivity index (χ3n) is 5.17. The molecule has 2 heterocycles. The molecule has 1 atom stereocenters. The number of pyridine rings is 1. The number of fused-ring (bicyclic) bond motifs is 1. The second-order valence-electron chi connectivity index (χ2n) is 8.36. The van der Waals surface area contributed by atoms with E-state index in [-0.39, 0.29) is 29.7 Å². The fourth-order valence-electron chi connectivity index (χ4n) is 3.78. The summed E-state index contributed by atoms with van der Waals surface area (Å²) in [6.07, 6.45) is -3.37. The highest BCUT2D eigenvalue weighted by Crippen LogP contribution is 2.48. The lowest BCUT2D eigenvalue weighted by Crippen LogP contribution is -2.28. The van der Waals surface area contributed by atoms with Gasteiger partial charge in [0, 0.05) is 29.7 Å². The van der Waals surface area contributed by atoms with Gasteiger partial charge in [-0.25, -0.2) is 9.78 Å². The first kappa shape index (κ1) is 24.6. The molecule has 0 radical (unpaired) electrons. The van der Waals surface area contributed by atoms with Crippen LogP contribution >= 0.6 is 0 Å². The molecule has 6 nitrogen and oxygen atoms in total. The topological polar surface area (TPSA) is 63.7 Å². The third kappa shape index (κ3) is 5.47. The van der Waals surface area contributed by atoms with Gasteiger partial charge in [0.05, 0.1) is 23.2 Å². The van der Waals surface area contributed by atoms with Gasteiger partial charge in [-0.15, -0.1) is 0 Å². The van der Waals surface area contributed by atoms with E-state index in [2.05, 4.69) is 10.3 Å². The van der Waals surface area contributed by atoms with Crippen molar-refractivity contribution in [1.82, 2.24) is 9.88 Å². The normalized spacial score (nSPS) is 16.0. The Balaban J connectivity index is 2.22. The molecule has 1 aliphatic heterocycles. The number of nitrogens with zero attached hydrogens (tertiary/aromatic N) is 2. The number of likely N-dealkylation sites (N-methyl/N-ethyl adjacent to an activating group) is 1. The zero-order valence-electron chi connectivity index (χ0n) is 19.3. The van der Waals surface area contributed by atoms with Crippen molar-refractivity contribution in [3.63, 3.8) is 0 Å². The van der Waals surface area contributed by atoms with Crippen LogP contribution in [0, 0.1) is 0 Å². The van der Waals surface area contributed by atoms with Crippen LogP contribution in [0.2, 0.25) is 0 Å². The molecule has 0 aliphatic carbocycles. The van der Waals surface area contributed by atoms with E-state index in [0.717, 1.165) is 6.07 Å². The summed E-state index contributed by atoms with van der Waals surface area (Å²) in [6, 6.07) is 6.91. The SMILES string of the molecule is CC1=C(C(=O)OCCN(C)C)C(c2ccccc2C(F)(F)F)c2c(ccnc2OC(C)C)N1. The van der Waals surface area contributed by atoms with E-state index >= 15 is 0 Å². The summed E-state index contributed by atoms with van der Waals surface area (Å²) >= 11 is 0. The number of hydrogen-bond donors (Lipinski definition) is 1. The monoisotopic (exact) mass is 463 g/mol. The predicted molar refractivity (Wildman–Crippen MR) is 119 cm³/mol. The van der Waals surface area contributed by atoms with Gasteiger partial charge in [-0.3, -0.25) is 0 Å². The Hall–Kier alpha value is -3.07. The molecule has 1 aliphatic rings. The molecular weight excluding hydrogens is 435 g/mol. The van der Waals surface area contributed by atoms with Gasteiger partial charge >= 0.3 is 12.1 Å². The highest BCUT2D eigenvalue weighted by atomic mass is 19.4. The van der Waals surface area contributed by atoms with Gasteiger partial charge in [-0.05, 0) is 52.6 Å². The quantitative estimate of drug-likeness (QED) is 0.594. The van der Waals surface area contributed by atoms with Crippen LogP contribution in [-0.4, -0.2) is 49.2 Å². The molecule has 1 N–H and O–H groups in total. The number of anilines is 1. The minimum absolute atomic E-state index is 0.0618. The molecule has 178 valence electrons. The number of rotatable bonds is 7. The Morgan fingerprint density at radius 3 is 2.55 bits per heavy atom. The average molecular weight is 464 g/mol. The average Bonchev–Trinajstić information content (AvgIpc) is 2.71. The molecule has 0 saturated heterocycles. The molecule has 3 rings (SSSR count). The predicted octanol–water partition coefficient (Wildman–Crippen LogP) is 4.82. The molecule has 1 aromatic heterocycles. The number of carbonyl (C=O) groups excluding carboxylic acids is 1. The summed E-state index contributed by atoms with van der Waals surface area (Å²) in [5.74, 6) is -1.59. The number of ether oxygens (including phenoxy) is 2. The minimum atomic E-state index is -4.61. The van der Waals surface area contributed by atoms with Gasteiger partial charge in [0.1, 0.15) is 6.61 Å². The Bertz CT molecular complexity index is 1050. The number of carbonyl (C=O) groups is 1. The number of hydrogen-bond acceptors (Lipinski definition) is 6. The fraction of sp³-hybridized carbons (Fsp3) is 0.417. The summed E-state index contributed by atoms with van der Waals surface area (Å²) < 4.78 is 53.3.